The highest BCUT2D eigenvalue weighted by Gasteiger charge is 2.20. The molecule has 2 rings (SSSR count). The van der Waals surface area contributed by atoms with Gasteiger partial charge < -0.3 is 10.3 Å². The van der Waals surface area contributed by atoms with Crippen molar-refractivity contribution in [1.29, 1.82) is 0 Å². The number of nitrogens with one attached hydrogen (secondary N) is 1. The third-order valence-corrected chi connectivity index (χ3v) is 3.30. The molecule has 3 N–H and O–H groups in total. The number of nitrogens with zero attached hydrogens (tertiary/aromatic N) is 2. The molecule has 6 nitrogen and oxygen atoms in total. The predicted molar refractivity (Wildman–Crippen MR) is 75.3 cm³/mol. The summed E-state index contributed by atoms with van der Waals surface area (Å²) in [5.41, 5.74) is 6.40. The van der Waals surface area contributed by atoms with Crippen molar-refractivity contribution in [3.05, 3.63) is 11.8 Å². The number of carbonyl (C=O) groups excluding carboxylic acids is 1. The van der Waals surface area contributed by atoms with Crippen molar-refractivity contribution in [3.8, 4) is 0 Å². The molecule has 1 fully saturated rings. The van der Waals surface area contributed by atoms with Gasteiger partial charge in [-0.15, -0.1) is 12.4 Å². The summed E-state index contributed by atoms with van der Waals surface area (Å²) in [4.78, 5) is 13.9. The fraction of sp³-hybridized carbons (Fsp3) is 0.667. The molecule has 0 radical (unpaired) electrons. The van der Waals surface area contributed by atoms with E-state index in [4.69, 9.17) is 10.3 Å². The van der Waals surface area contributed by atoms with E-state index >= 15 is 0 Å². The Morgan fingerprint density at radius 2 is 2.26 bits per heavy atom. The van der Waals surface area contributed by atoms with E-state index in [-0.39, 0.29) is 18.3 Å². The Bertz CT molecular complexity index is 402. The fourth-order valence-electron chi connectivity index (χ4n) is 2.18. The molecule has 1 saturated heterocycles. The molecule has 108 valence electrons. The summed E-state index contributed by atoms with van der Waals surface area (Å²) < 4.78 is 4.94. The molecular formula is C12H21ClN4O2. The van der Waals surface area contributed by atoms with Gasteiger partial charge in [-0.25, -0.2) is 0 Å². The highest BCUT2D eigenvalue weighted by atomic mass is 35.5. The zero-order valence-corrected chi connectivity index (χ0v) is 11.9. The van der Waals surface area contributed by atoms with Crippen LogP contribution in [0.4, 0.5) is 5.88 Å². The van der Waals surface area contributed by atoms with Crippen molar-refractivity contribution in [2.75, 3.05) is 31.5 Å². The number of aryl methyl sites for hydroxylation is 1. The quantitative estimate of drug-likeness (QED) is 0.864. The van der Waals surface area contributed by atoms with Gasteiger partial charge in [-0.05, 0) is 45.3 Å². The zero-order valence-electron chi connectivity index (χ0n) is 11.1. The molecule has 0 spiro atoms. The average Bonchev–Trinajstić information content (AvgIpc) is 2.75. The van der Waals surface area contributed by atoms with Gasteiger partial charge in [0.25, 0.3) is 0 Å². The van der Waals surface area contributed by atoms with Crippen molar-refractivity contribution in [1.82, 2.24) is 10.1 Å². The zero-order chi connectivity index (χ0) is 13.0. The first-order chi connectivity index (χ1) is 8.67. The molecule has 2 heterocycles. The SMILES string of the molecule is Cc1cc(NC(=O)CN2CCC(CN)CC2)on1.Cl. The van der Waals surface area contributed by atoms with Gasteiger partial charge in [-0.2, -0.15) is 0 Å². The largest absolute Gasteiger partial charge is 0.338 e. The van der Waals surface area contributed by atoms with E-state index < -0.39 is 0 Å². The minimum absolute atomic E-state index is 0. The first-order valence-corrected chi connectivity index (χ1v) is 6.33. The normalized spacial score (nSPS) is 16.9. The van der Waals surface area contributed by atoms with Crippen LogP contribution in [-0.4, -0.2) is 42.1 Å². The van der Waals surface area contributed by atoms with Crippen molar-refractivity contribution in [2.24, 2.45) is 11.7 Å². The van der Waals surface area contributed by atoms with E-state index in [9.17, 15) is 4.79 Å². The molecule has 1 aliphatic rings. The Labute approximate surface area is 119 Å². The topological polar surface area (TPSA) is 84.4 Å². The summed E-state index contributed by atoms with van der Waals surface area (Å²) >= 11 is 0. The van der Waals surface area contributed by atoms with Gasteiger partial charge in [0, 0.05) is 6.07 Å². The molecule has 0 saturated carbocycles. The number of amides is 1. The van der Waals surface area contributed by atoms with Crippen molar-refractivity contribution < 1.29 is 9.32 Å². The molecule has 1 aromatic heterocycles. The highest BCUT2D eigenvalue weighted by Crippen LogP contribution is 2.15. The van der Waals surface area contributed by atoms with Gasteiger partial charge in [-0.3, -0.25) is 15.0 Å². The Morgan fingerprint density at radius 3 is 2.79 bits per heavy atom. The fourth-order valence-corrected chi connectivity index (χ4v) is 2.18. The second kappa shape index (κ2) is 7.47. The Hall–Kier alpha value is -1.11. The number of carbonyl (C=O) groups is 1. The van der Waals surface area contributed by atoms with Crippen LogP contribution in [0.5, 0.6) is 0 Å². The molecule has 0 bridgehead atoms. The van der Waals surface area contributed by atoms with E-state index in [0.29, 0.717) is 18.3 Å². The lowest BCUT2D eigenvalue weighted by Gasteiger charge is -2.30. The van der Waals surface area contributed by atoms with Gasteiger partial charge >= 0.3 is 0 Å². The van der Waals surface area contributed by atoms with Crippen molar-refractivity contribution in [2.45, 2.75) is 19.8 Å². The lowest BCUT2D eigenvalue weighted by molar-refractivity contribution is -0.117. The van der Waals surface area contributed by atoms with Crippen LogP contribution < -0.4 is 11.1 Å². The van der Waals surface area contributed by atoms with Gasteiger partial charge in [0.15, 0.2) is 0 Å². The van der Waals surface area contributed by atoms with Gasteiger partial charge in [0.2, 0.25) is 11.8 Å². The third-order valence-electron chi connectivity index (χ3n) is 3.30. The third kappa shape index (κ3) is 4.81. The van der Waals surface area contributed by atoms with Crippen molar-refractivity contribution >= 4 is 24.2 Å². The molecule has 0 aromatic carbocycles. The number of halogens is 1. The van der Waals surface area contributed by atoms with Gasteiger partial charge in [0.1, 0.15) is 0 Å². The number of nitrogens with two attached hydrogens (primary N) is 1. The van der Waals surface area contributed by atoms with Crippen LogP contribution in [0.2, 0.25) is 0 Å². The monoisotopic (exact) mass is 288 g/mol. The highest BCUT2D eigenvalue weighted by molar-refractivity contribution is 5.90. The summed E-state index contributed by atoms with van der Waals surface area (Å²) in [6.45, 7) is 4.83. The van der Waals surface area contributed by atoms with Crippen molar-refractivity contribution in [3.63, 3.8) is 0 Å². The number of hydrogen-bond acceptors (Lipinski definition) is 5. The second-order valence-electron chi connectivity index (χ2n) is 4.84. The summed E-state index contributed by atoms with van der Waals surface area (Å²) in [6, 6.07) is 1.71. The maximum Gasteiger partial charge on any atom is 0.240 e. The van der Waals surface area contributed by atoms with Gasteiger partial charge in [0.05, 0.1) is 12.2 Å². The molecule has 0 unspecified atom stereocenters. The molecule has 19 heavy (non-hydrogen) atoms. The number of hydrogen-bond donors (Lipinski definition) is 2. The van der Waals surface area contributed by atoms with E-state index in [1.54, 1.807) is 6.07 Å². The van der Waals surface area contributed by atoms with Crippen LogP contribution in [0.3, 0.4) is 0 Å². The second-order valence-corrected chi connectivity index (χ2v) is 4.84. The minimum Gasteiger partial charge on any atom is -0.338 e. The Kier molecular flexibility index (Phi) is 6.27. The average molecular weight is 289 g/mol. The van der Waals surface area contributed by atoms with Crippen LogP contribution >= 0.6 is 12.4 Å². The van der Waals surface area contributed by atoms with E-state index in [2.05, 4.69) is 15.4 Å². The molecule has 1 aromatic rings. The maximum atomic E-state index is 11.8. The summed E-state index contributed by atoms with van der Waals surface area (Å²) in [5, 5.41) is 6.42. The minimum atomic E-state index is -0.0580. The molecule has 7 heteroatoms. The van der Waals surface area contributed by atoms with Crippen LogP contribution in [0.1, 0.15) is 18.5 Å². The van der Waals surface area contributed by atoms with Crippen LogP contribution in [0.15, 0.2) is 10.6 Å². The summed E-state index contributed by atoms with van der Waals surface area (Å²) in [5.74, 6) is 0.966. The molecule has 1 aliphatic heterocycles. The summed E-state index contributed by atoms with van der Waals surface area (Å²) in [7, 11) is 0. The number of aromatic nitrogens is 1. The number of piperidine rings is 1. The predicted octanol–water partition coefficient (Wildman–Crippen LogP) is 1.01. The maximum absolute atomic E-state index is 11.8. The smallest absolute Gasteiger partial charge is 0.240 e. The van der Waals surface area contributed by atoms with Crippen LogP contribution in [0.25, 0.3) is 0 Å². The van der Waals surface area contributed by atoms with Gasteiger partial charge in [-0.1, -0.05) is 5.16 Å². The first kappa shape index (κ1) is 15.9. The van der Waals surface area contributed by atoms with Crippen LogP contribution in [-0.2, 0) is 4.79 Å². The Morgan fingerprint density at radius 1 is 1.58 bits per heavy atom. The van der Waals surface area contributed by atoms with E-state index in [1.165, 1.54) is 0 Å². The standard InChI is InChI=1S/C12H20N4O2.ClH/c1-9-6-12(18-15-9)14-11(17)8-16-4-2-10(7-13)3-5-16;/h6,10H,2-5,7-8,13H2,1H3,(H,14,17);1H. The van der Waals surface area contributed by atoms with E-state index in [0.717, 1.165) is 38.2 Å². The molecular weight excluding hydrogens is 268 g/mol. The molecule has 1 amide bonds. The van der Waals surface area contributed by atoms with Crippen LogP contribution in [0, 0.1) is 12.8 Å². The summed E-state index contributed by atoms with van der Waals surface area (Å²) in [6.07, 6.45) is 2.15. The number of anilines is 1. The first-order valence-electron chi connectivity index (χ1n) is 6.33. The molecule has 0 aliphatic carbocycles. The van der Waals surface area contributed by atoms with E-state index in [1.807, 2.05) is 6.92 Å². The molecule has 0 atom stereocenters. The Balaban J connectivity index is 0.00000180. The lowest BCUT2D eigenvalue weighted by Crippen LogP contribution is -2.40. The lowest BCUT2D eigenvalue weighted by atomic mass is 9.97. The number of rotatable bonds is 4. The number of likely N-dealkylation sites (tertiary alicyclic amines) is 1.